The van der Waals surface area contributed by atoms with Crippen molar-refractivity contribution >= 4 is 17.5 Å². The van der Waals surface area contributed by atoms with Crippen molar-refractivity contribution < 1.29 is 9.32 Å². The van der Waals surface area contributed by atoms with E-state index in [1.54, 1.807) is 12.1 Å². The number of aromatic nitrogens is 2. The summed E-state index contributed by atoms with van der Waals surface area (Å²) in [7, 11) is 0. The third kappa shape index (κ3) is 4.02. The lowest BCUT2D eigenvalue weighted by Crippen LogP contribution is -2.49. The molecule has 0 bridgehead atoms. The van der Waals surface area contributed by atoms with E-state index in [1.165, 1.54) is 0 Å². The van der Waals surface area contributed by atoms with Gasteiger partial charge in [0, 0.05) is 23.7 Å². The summed E-state index contributed by atoms with van der Waals surface area (Å²) in [6.07, 6.45) is 1.82. The Bertz CT molecular complexity index is 729. The number of halogens is 1. The molecule has 1 unspecified atom stereocenters. The normalized spacial score (nSPS) is 19.2. The van der Waals surface area contributed by atoms with Crippen LogP contribution >= 0.6 is 11.6 Å². The monoisotopic (exact) mass is 362 g/mol. The third-order valence-electron chi connectivity index (χ3n) is 4.63. The van der Waals surface area contributed by atoms with Crippen LogP contribution in [0.3, 0.4) is 0 Å². The molecular weight excluding hydrogens is 340 g/mol. The van der Waals surface area contributed by atoms with E-state index in [4.69, 9.17) is 21.9 Å². The molecule has 0 aliphatic carbocycles. The molecule has 2 N–H and O–H groups in total. The predicted molar refractivity (Wildman–Crippen MR) is 96.1 cm³/mol. The Morgan fingerprint density at radius 2 is 2.08 bits per heavy atom. The van der Waals surface area contributed by atoms with Crippen LogP contribution in [-0.2, 0) is 4.79 Å². The minimum absolute atomic E-state index is 0.00265. The number of hydrogen-bond donors (Lipinski definition) is 1. The summed E-state index contributed by atoms with van der Waals surface area (Å²) < 4.78 is 5.46. The summed E-state index contributed by atoms with van der Waals surface area (Å²) in [6.45, 7) is 5.22. The molecule has 1 saturated heterocycles. The standard InChI is InChI=1S/C18H23ClN4O2/c1-11(2)15(20)18(24)23-9-3-4-13(10-23)17-21-16(22-25-17)12-5-7-14(19)8-6-12/h5-8,11,13,15H,3-4,9-10,20H2,1-2H3/t13?,15-/m0/s1. The van der Waals surface area contributed by atoms with Gasteiger partial charge in [0.2, 0.25) is 17.6 Å². The topological polar surface area (TPSA) is 85.3 Å². The molecule has 6 nitrogen and oxygen atoms in total. The van der Waals surface area contributed by atoms with Gasteiger partial charge in [-0.25, -0.2) is 0 Å². The summed E-state index contributed by atoms with van der Waals surface area (Å²) in [5.74, 6) is 1.27. The highest BCUT2D eigenvalue weighted by molar-refractivity contribution is 6.30. The van der Waals surface area contributed by atoms with E-state index in [0.717, 1.165) is 24.9 Å². The van der Waals surface area contributed by atoms with E-state index in [2.05, 4.69) is 10.1 Å². The highest BCUT2D eigenvalue weighted by Gasteiger charge is 2.31. The molecule has 1 aromatic heterocycles. The second kappa shape index (κ2) is 7.54. The zero-order chi connectivity index (χ0) is 18.0. The highest BCUT2D eigenvalue weighted by atomic mass is 35.5. The molecule has 2 aromatic rings. The van der Waals surface area contributed by atoms with Gasteiger partial charge in [0.05, 0.1) is 12.0 Å². The number of amides is 1. The summed E-state index contributed by atoms with van der Waals surface area (Å²) in [6, 6.07) is 6.83. The van der Waals surface area contributed by atoms with Gasteiger partial charge in [-0.15, -0.1) is 0 Å². The number of nitrogens with zero attached hydrogens (tertiary/aromatic N) is 3. The quantitative estimate of drug-likeness (QED) is 0.903. The van der Waals surface area contributed by atoms with Gasteiger partial charge in [-0.2, -0.15) is 4.98 Å². The molecule has 0 radical (unpaired) electrons. The Labute approximate surface area is 152 Å². The van der Waals surface area contributed by atoms with Crippen LogP contribution in [0.2, 0.25) is 5.02 Å². The summed E-state index contributed by atoms with van der Waals surface area (Å²) in [5.41, 5.74) is 6.87. The molecule has 2 heterocycles. The molecule has 3 rings (SSSR count). The number of hydrogen-bond acceptors (Lipinski definition) is 5. The average Bonchev–Trinajstić information content (AvgIpc) is 3.11. The van der Waals surface area contributed by atoms with Gasteiger partial charge in [-0.3, -0.25) is 4.79 Å². The maximum absolute atomic E-state index is 12.5. The molecule has 1 aromatic carbocycles. The number of benzene rings is 1. The minimum atomic E-state index is -0.467. The van der Waals surface area contributed by atoms with Crippen molar-refractivity contribution in [1.82, 2.24) is 15.0 Å². The first-order valence-corrected chi connectivity index (χ1v) is 8.97. The molecule has 1 fully saturated rings. The second-order valence-corrected chi connectivity index (χ2v) is 7.29. The Kier molecular flexibility index (Phi) is 5.39. The number of nitrogens with two attached hydrogens (primary N) is 1. The van der Waals surface area contributed by atoms with Crippen LogP contribution in [0.4, 0.5) is 0 Å². The fourth-order valence-corrected chi connectivity index (χ4v) is 3.12. The zero-order valence-electron chi connectivity index (χ0n) is 14.5. The summed E-state index contributed by atoms with van der Waals surface area (Å²) >= 11 is 5.91. The summed E-state index contributed by atoms with van der Waals surface area (Å²) in [5, 5.41) is 4.73. The number of carbonyl (C=O) groups is 1. The van der Waals surface area contributed by atoms with Crippen molar-refractivity contribution in [1.29, 1.82) is 0 Å². The van der Waals surface area contributed by atoms with E-state index in [-0.39, 0.29) is 17.7 Å². The molecule has 7 heteroatoms. The van der Waals surface area contributed by atoms with Crippen LogP contribution in [0.5, 0.6) is 0 Å². The van der Waals surface area contributed by atoms with Crippen LogP contribution in [0, 0.1) is 5.92 Å². The molecule has 1 aliphatic heterocycles. The SMILES string of the molecule is CC(C)[C@H](N)C(=O)N1CCCC(c2nc(-c3ccc(Cl)cc3)no2)C1. The minimum Gasteiger partial charge on any atom is -0.341 e. The van der Waals surface area contributed by atoms with Crippen molar-refractivity contribution in [2.24, 2.45) is 11.7 Å². The molecule has 1 aliphatic rings. The van der Waals surface area contributed by atoms with Crippen molar-refractivity contribution in [2.75, 3.05) is 13.1 Å². The van der Waals surface area contributed by atoms with Gasteiger partial charge < -0.3 is 15.2 Å². The number of carbonyl (C=O) groups excluding carboxylic acids is 1. The van der Waals surface area contributed by atoms with Crippen molar-refractivity contribution in [3.8, 4) is 11.4 Å². The number of likely N-dealkylation sites (tertiary alicyclic amines) is 1. The fourth-order valence-electron chi connectivity index (χ4n) is 2.99. The van der Waals surface area contributed by atoms with Crippen LogP contribution in [0.15, 0.2) is 28.8 Å². The van der Waals surface area contributed by atoms with E-state index < -0.39 is 6.04 Å². The smallest absolute Gasteiger partial charge is 0.239 e. The van der Waals surface area contributed by atoms with Crippen molar-refractivity contribution in [3.05, 3.63) is 35.2 Å². The van der Waals surface area contributed by atoms with Gasteiger partial charge >= 0.3 is 0 Å². The van der Waals surface area contributed by atoms with Crippen molar-refractivity contribution in [3.63, 3.8) is 0 Å². The summed E-state index contributed by atoms with van der Waals surface area (Å²) in [4.78, 5) is 18.8. The molecule has 0 spiro atoms. The maximum Gasteiger partial charge on any atom is 0.239 e. The predicted octanol–water partition coefficient (Wildman–Crippen LogP) is 3.08. The zero-order valence-corrected chi connectivity index (χ0v) is 15.2. The first-order valence-electron chi connectivity index (χ1n) is 8.59. The Hall–Kier alpha value is -1.92. The molecule has 1 amide bonds. The molecule has 2 atom stereocenters. The molecule has 134 valence electrons. The second-order valence-electron chi connectivity index (χ2n) is 6.86. The largest absolute Gasteiger partial charge is 0.341 e. The van der Waals surface area contributed by atoms with Crippen LogP contribution in [-0.4, -0.2) is 40.1 Å². The number of piperidine rings is 1. The first kappa shape index (κ1) is 17.9. The maximum atomic E-state index is 12.5. The van der Waals surface area contributed by atoms with E-state index in [1.807, 2.05) is 30.9 Å². The Morgan fingerprint density at radius 1 is 1.36 bits per heavy atom. The lowest BCUT2D eigenvalue weighted by atomic mass is 9.96. The van der Waals surface area contributed by atoms with Crippen molar-refractivity contribution in [2.45, 2.75) is 38.6 Å². The van der Waals surface area contributed by atoms with Gasteiger partial charge in [0.25, 0.3) is 0 Å². The average molecular weight is 363 g/mol. The molecule has 0 saturated carbocycles. The van der Waals surface area contributed by atoms with Crippen LogP contribution < -0.4 is 5.73 Å². The first-order chi connectivity index (χ1) is 12.0. The molecule has 25 heavy (non-hydrogen) atoms. The lowest BCUT2D eigenvalue weighted by Gasteiger charge is -2.33. The van der Waals surface area contributed by atoms with Gasteiger partial charge in [0.1, 0.15) is 0 Å². The fraction of sp³-hybridized carbons (Fsp3) is 0.500. The van der Waals surface area contributed by atoms with E-state index >= 15 is 0 Å². The number of rotatable bonds is 4. The lowest BCUT2D eigenvalue weighted by molar-refractivity contribution is -0.134. The van der Waals surface area contributed by atoms with Crippen LogP contribution in [0.25, 0.3) is 11.4 Å². The Morgan fingerprint density at radius 3 is 2.76 bits per heavy atom. The third-order valence-corrected chi connectivity index (χ3v) is 4.88. The van der Waals surface area contributed by atoms with E-state index in [0.29, 0.717) is 23.3 Å². The highest BCUT2D eigenvalue weighted by Crippen LogP contribution is 2.28. The van der Waals surface area contributed by atoms with Gasteiger partial charge in [-0.1, -0.05) is 30.6 Å². The Balaban J connectivity index is 1.72. The molecular formula is C18H23ClN4O2. The van der Waals surface area contributed by atoms with Gasteiger partial charge in [0.15, 0.2) is 0 Å². The van der Waals surface area contributed by atoms with Crippen LogP contribution in [0.1, 0.15) is 38.5 Å². The van der Waals surface area contributed by atoms with Gasteiger partial charge in [-0.05, 0) is 43.0 Å². The van der Waals surface area contributed by atoms with E-state index in [9.17, 15) is 4.79 Å².